The van der Waals surface area contributed by atoms with Crippen molar-refractivity contribution >= 4 is 28.2 Å². The number of aliphatic hydroxyl groups excluding tert-OH is 1. The van der Waals surface area contributed by atoms with Gasteiger partial charge in [-0.15, -0.1) is 11.3 Å². The van der Waals surface area contributed by atoms with Crippen molar-refractivity contribution < 1.29 is 32.6 Å². The van der Waals surface area contributed by atoms with E-state index in [4.69, 9.17) is 0 Å². The molecule has 35 heavy (non-hydrogen) atoms. The Morgan fingerprint density at radius 1 is 1.03 bits per heavy atom. The summed E-state index contributed by atoms with van der Waals surface area (Å²) in [7, 11) is 0. The van der Waals surface area contributed by atoms with Crippen LogP contribution in [0.15, 0.2) is 60.9 Å². The molecular weight excluding hydrogens is 486 g/mol. The summed E-state index contributed by atoms with van der Waals surface area (Å²) in [6.45, 7) is 0. The molecule has 4 aromatic rings. The fourth-order valence-corrected chi connectivity index (χ4v) is 4.60. The third kappa shape index (κ3) is 5.92. The molecule has 0 bridgehead atoms. The molecule has 2 heterocycles. The lowest BCUT2D eigenvalue weighted by Crippen LogP contribution is -2.38. The minimum atomic E-state index is -4.51. The summed E-state index contributed by atoms with van der Waals surface area (Å²) < 4.78 is 51.9. The van der Waals surface area contributed by atoms with Gasteiger partial charge in [0.15, 0.2) is 0 Å². The highest BCUT2D eigenvalue weighted by atomic mass is 32.1. The van der Waals surface area contributed by atoms with Gasteiger partial charge in [0.25, 0.3) is 0 Å². The Morgan fingerprint density at radius 2 is 1.77 bits per heavy atom. The van der Waals surface area contributed by atoms with Crippen molar-refractivity contribution in [2.45, 2.75) is 31.2 Å². The fourth-order valence-electron chi connectivity index (χ4n) is 3.67. The van der Waals surface area contributed by atoms with Crippen LogP contribution in [0.3, 0.4) is 0 Å². The maximum Gasteiger partial charge on any atom is 0.416 e. The first-order valence-electron chi connectivity index (χ1n) is 10.5. The molecule has 2 aromatic heterocycles. The van der Waals surface area contributed by atoms with Crippen LogP contribution >= 0.6 is 11.3 Å². The summed E-state index contributed by atoms with van der Waals surface area (Å²) in [5, 5.41) is 24.2. The molecular formula is C24H19F4N3O3S. The van der Waals surface area contributed by atoms with E-state index in [2.05, 4.69) is 15.3 Å². The van der Waals surface area contributed by atoms with Crippen LogP contribution in [0.2, 0.25) is 0 Å². The van der Waals surface area contributed by atoms with Crippen molar-refractivity contribution in [3.05, 3.63) is 83.0 Å². The molecule has 182 valence electrons. The van der Waals surface area contributed by atoms with Gasteiger partial charge in [-0.1, -0.05) is 24.3 Å². The Bertz CT molecular complexity index is 1340. The van der Waals surface area contributed by atoms with Gasteiger partial charge in [-0.05, 0) is 41.1 Å². The maximum absolute atomic E-state index is 13.5. The summed E-state index contributed by atoms with van der Waals surface area (Å²) in [4.78, 5) is 20.1. The van der Waals surface area contributed by atoms with Crippen LogP contribution in [-0.4, -0.2) is 32.3 Å². The number of nitrogens with one attached hydrogen (secondary N) is 1. The third-order valence-corrected chi connectivity index (χ3v) is 6.57. The number of hydrogen-bond acceptors (Lipinski definition) is 5. The van der Waals surface area contributed by atoms with Crippen LogP contribution in [0.25, 0.3) is 21.2 Å². The van der Waals surface area contributed by atoms with Crippen LogP contribution < -0.4 is 5.32 Å². The molecule has 6 nitrogen and oxygen atoms in total. The molecule has 2 aromatic carbocycles. The number of fused-ring (bicyclic) bond motifs is 1. The Labute approximate surface area is 200 Å². The summed E-state index contributed by atoms with van der Waals surface area (Å²) in [5.41, 5.74) is 0.130. The molecule has 0 unspecified atom stereocenters. The van der Waals surface area contributed by atoms with Crippen LogP contribution in [-0.2, 0) is 12.6 Å². The topological polar surface area (TPSA) is 95.3 Å². The van der Waals surface area contributed by atoms with Crippen molar-refractivity contribution in [3.8, 4) is 10.4 Å². The van der Waals surface area contributed by atoms with E-state index >= 15 is 0 Å². The van der Waals surface area contributed by atoms with E-state index in [1.54, 1.807) is 6.20 Å². The number of carboxylic acid groups (broad SMARTS) is 1. The SMILES string of the molecule is O=C(O)N[C@H](CCc1ncc(-c2ccc3cnc(F)cc3c2)s1)[C@@H](O)c1ccc(C(F)(F)F)cc1. The lowest BCUT2D eigenvalue weighted by Gasteiger charge is -2.23. The molecule has 11 heteroatoms. The smallest absolute Gasteiger partial charge is 0.416 e. The number of amides is 1. The van der Waals surface area contributed by atoms with E-state index in [1.165, 1.54) is 23.6 Å². The standard InChI is InChI=1S/C24H19F4N3O3S/c25-20-10-16-9-14(1-2-15(16)11-29-20)19-12-30-21(35-19)8-7-18(31-23(33)34)22(32)13-3-5-17(6-4-13)24(26,27)28/h1-6,9-12,18,22,31-32H,7-8H2,(H,33,34)/t18-,22+/m1/s1. The molecule has 0 saturated heterocycles. The zero-order chi connectivity index (χ0) is 25.2. The molecule has 0 spiro atoms. The lowest BCUT2D eigenvalue weighted by molar-refractivity contribution is -0.137. The summed E-state index contributed by atoms with van der Waals surface area (Å²) in [6.07, 6.45) is -3.64. The minimum Gasteiger partial charge on any atom is -0.465 e. The van der Waals surface area contributed by atoms with Crippen molar-refractivity contribution in [1.82, 2.24) is 15.3 Å². The third-order valence-electron chi connectivity index (χ3n) is 5.47. The van der Waals surface area contributed by atoms with Crippen molar-refractivity contribution in [2.24, 2.45) is 0 Å². The zero-order valence-corrected chi connectivity index (χ0v) is 18.8. The molecule has 0 aliphatic heterocycles. The zero-order valence-electron chi connectivity index (χ0n) is 18.0. The fraction of sp³-hybridized carbons (Fsp3) is 0.208. The molecule has 0 aliphatic carbocycles. The molecule has 0 fully saturated rings. The van der Waals surface area contributed by atoms with Gasteiger partial charge >= 0.3 is 12.3 Å². The number of alkyl halides is 3. The largest absolute Gasteiger partial charge is 0.465 e. The van der Waals surface area contributed by atoms with Gasteiger partial charge in [-0.3, -0.25) is 0 Å². The second kappa shape index (κ2) is 9.96. The first-order valence-corrected chi connectivity index (χ1v) is 11.3. The Kier molecular flexibility index (Phi) is 6.99. The second-order valence-electron chi connectivity index (χ2n) is 7.85. The van der Waals surface area contributed by atoms with E-state index in [0.717, 1.165) is 40.1 Å². The number of aromatic nitrogens is 2. The van der Waals surface area contributed by atoms with Gasteiger partial charge in [0.05, 0.1) is 27.6 Å². The van der Waals surface area contributed by atoms with E-state index in [9.17, 15) is 32.6 Å². The van der Waals surface area contributed by atoms with Gasteiger partial charge in [0, 0.05) is 30.3 Å². The molecule has 3 N–H and O–H groups in total. The monoisotopic (exact) mass is 505 g/mol. The predicted octanol–water partition coefficient (Wildman–Crippen LogP) is 5.82. The van der Waals surface area contributed by atoms with Crippen molar-refractivity contribution in [3.63, 3.8) is 0 Å². The molecule has 0 saturated carbocycles. The van der Waals surface area contributed by atoms with Crippen LogP contribution in [0.5, 0.6) is 0 Å². The Morgan fingerprint density at radius 3 is 2.46 bits per heavy atom. The number of hydrogen-bond donors (Lipinski definition) is 3. The highest BCUT2D eigenvalue weighted by Gasteiger charge is 2.31. The number of aliphatic hydroxyl groups is 1. The van der Waals surface area contributed by atoms with E-state index in [1.807, 2.05) is 18.2 Å². The molecule has 1 amide bonds. The Balaban J connectivity index is 1.48. The van der Waals surface area contributed by atoms with E-state index in [-0.39, 0.29) is 12.0 Å². The second-order valence-corrected chi connectivity index (χ2v) is 8.96. The number of aryl methyl sites for hydroxylation is 1. The lowest BCUT2D eigenvalue weighted by atomic mass is 9.97. The number of carbonyl (C=O) groups is 1. The molecule has 4 rings (SSSR count). The van der Waals surface area contributed by atoms with E-state index < -0.39 is 35.9 Å². The molecule has 0 radical (unpaired) electrons. The Hall–Kier alpha value is -3.57. The number of nitrogens with zero attached hydrogens (tertiary/aromatic N) is 2. The number of rotatable bonds is 7. The highest BCUT2D eigenvalue weighted by Crippen LogP contribution is 2.32. The average molecular weight is 505 g/mol. The molecule has 2 atom stereocenters. The average Bonchev–Trinajstić information content (AvgIpc) is 3.29. The number of pyridine rings is 1. The summed E-state index contributed by atoms with van der Waals surface area (Å²) >= 11 is 1.37. The first-order chi connectivity index (χ1) is 16.6. The van der Waals surface area contributed by atoms with Gasteiger partial charge < -0.3 is 15.5 Å². The summed E-state index contributed by atoms with van der Waals surface area (Å²) in [5.74, 6) is -0.580. The van der Waals surface area contributed by atoms with Gasteiger partial charge in [0.2, 0.25) is 5.95 Å². The summed E-state index contributed by atoms with van der Waals surface area (Å²) in [6, 6.07) is 9.82. The van der Waals surface area contributed by atoms with Gasteiger partial charge in [-0.25, -0.2) is 14.8 Å². The minimum absolute atomic E-state index is 0.162. The normalized spacial score (nSPS) is 13.5. The molecule has 0 aliphatic rings. The quantitative estimate of drug-likeness (QED) is 0.217. The number of halogens is 4. The van der Waals surface area contributed by atoms with Crippen LogP contribution in [0, 0.1) is 5.95 Å². The van der Waals surface area contributed by atoms with Crippen LogP contribution in [0.4, 0.5) is 22.4 Å². The van der Waals surface area contributed by atoms with Gasteiger partial charge in [-0.2, -0.15) is 17.6 Å². The van der Waals surface area contributed by atoms with E-state index in [0.29, 0.717) is 16.8 Å². The van der Waals surface area contributed by atoms with Gasteiger partial charge in [0.1, 0.15) is 0 Å². The highest BCUT2D eigenvalue weighted by molar-refractivity contribution is 7.15. The maximum atomic E-state index is 13.5. The van der Waals surface area contributed by atoms with Crippen LogP contribution in [0.1, 0.15) is 28.7 Å². The van der Waals surface area contributed by atoms with Crippen molar-refractivity contribution in [2.75, 3.05) is 0 Å². The van der Waals surface area contributed by atoms with Crippen molar-refractivity contribution in [1.29, 1.82) is 0 Å². The number of benzene rings is 2. The predicted molar refractivity (Wildman–Crippen MR) is 122 cm³/mol. The number of thiazole rings is 1. The first kappa shape index (κ1) is 24.6.